The first-order valence-corrected chi connectivity index (χ1v) is 18.1. The van der Waals surface area contributed by atoms with Crippen molar-refractivity contribution in [1.82, 2.24) is 0 Å². The average molecular weight is 598 g/mol. The number of hydrogen-bond acceptors (Lipinski definition) is 0. The Morgan fingerprint density at radius 2 is 1.21 bits per heavy atom. The molecule has 4 aliphatic rings. The molecule has 0 bridgehead atoms. The molecule has 39 heavy (non-hydrogen) atoms. The fourth-order valence-corrected chi connectivity index (χ4v) is 13.1. The van der Waals surface area contributed by atoms with Gasteiger partial charge in [-0.2, -0.15) is 0 Å². The molecule has 1 atom stereocenters. The first kappa shape index (κ1) is 27.9. The Morgan fingerprint density at radius 1 is 0.692 bits per heavy atom. The normalized spacial score (nSPS) is 25.2. The Balaban J connectivity index is 1.40. The number of hydrogen-bond donors (Lipinski definition) is 0. The van der Waals surface area contributed by atoms with Crippen LogP contribution in [0.1, 0.15) is 135 Å². The number of rotatable bonds is 2. The van der Waals surface area contributed by atoms with Crippen LogP contribution in [-0.2, 0) is 51.3 Å². The van der Waals surface area contributed by atoms with Crippen LogP contribution in [-0.4, -0.2) is 0 Å². The van der Waals surface area contributed by atoms with Gasteiger partial charge in [0, 0.05) is 0 Å². The van der Waals surface area contributed by atoms with Gasteiger partial charge in [0.1, 0.15) is 0 Å². The van der Waals surface area contributed by atoms with Gasteiger partial charge in [0.25, 0.3) is 0 Å². The molecule has 1 unspecified atom stereocenters. The molecule has 2 aromatic rings. The summed E-state index contributed by atoms with van der Waals surface area (Å²) in [5.74, 6) is 0. The van der Waals surface area contributed by atoms with E-state index < -0.39 is 23.2 Å². The maximum absolute atomic E-state index is 2.68. The third kappa shape index (κ3) is 4.48. The van der Waals surface area contributed by atoms with Crippen LogP contribution >= 0.6 is 0 Å². The zero-order chi connectivity index (χ0) is 28.3. The van der Waals surface area contributed by atoms with E-state index in [-0.39, 0.29) is 27.1 Å². The number of benzene rings is 2. The van der Waals surface area contributed by atoms with Gasteiger partial charge in [0.15, 0.2) is 0 Å². The van der Waals surface area contributed by atoms with E-state index >= 15 is 0 Å². The van der Waals surface area contributed by atoms with Crippen molar-refractivity contribution in [3.05, 3.63) is 78.7 Å². The summed E-state index contributed by atoms with van der Waals surface area (Å²) in [5, 5.41) is 0. The van der Waals surface area contributed by atoms with Crippen molar-refractivity contribution >= 4 is 0 Å². The molecule has 0 radical (unpaired) electrons. The second-order valence-electron chi connectivity index (χ2n) is 16.8. The van der Waals surface area contributed by atoms with E-state index in [4.69, 9.17) is 0 Å². The van der Waals surface area contributed by atoms with Crippen LogP contribution in [0, 0.1) is 5.41 Å². The molecular weight excluding hydrogens is 548 g/mol. The molecule has 2 aromatic carbocycles. The minimum atomic E-state index is -0.704. The van der Waals surface area contributed by atoms with Gasteiger partial charge in [-0.15, -0.1) is 0 Å². The van der Waals surface area contributed by atoms with Gasteiger partial charge in [-0.1, -0.05) is 0 Å². The molecule has 206 valence electrons. The Labute approximate surface area is 250 Å². The predicted molar refractivity (Wildman–Crippen MR) is 165 cm³/mol. The van der Waals surface area contributed by atoms with E-state index in [0.29, 0.717) is 0 Å². The molecule has 0 saturated heterocycles. The summed E-state index contributed by atoms with van der Waals surface area (Å²) in [6, 6.07) is 10.6. The van der Waals surface area contributed by atoms with E-state index in [2.05, 4.69) is 113 Å². The SMILES string of the molecule is CC(C)(C)C1=CC[C]([Zr][CH]2CC(C)(C)c3cc4c(cc3C2(C)C)Cc2cc3c(cc2-4)C(C)(C)CCC3(C)C)=C1. The summed E-state index contributed by atoms with van der Waals surface area (Å²) in [4.78, 5) is 0. The molecule has 4 aliphatic carbocycles. The third-order valence-corrected chi connectivity index (χ3v) is 16.0. The van der Waals surface area contributed by atoms with Crippen molar-refractivity contribution in [3.63, 3.8) is 0 Å². The summed E-state index contributed by atoms with van der Waals surface area (Å²) < 4.78 is 2.64. The molecular formula is C38H50Zr. The summed E-state index contributed by atoms with van der Waals surface area (Å²) in [7, 11) is 0. The number of fused-ring (bicyclic) bond motifs is 5. The molecule has 6 rings (SSSR count). The van der Waals surface area contributed by atoms with Crippen LogP contribution in [0.5, 0.6) is 0 Å². The summed E-state index contributed by atoms with van der Waals surface area (Å²) in [6.45, 7) is 27.2. The van der Waals surface area contributed by atoms with E-state index in [1.54, 1.807) is 39.0 Å². The Bertz CT molecular complexity index is 1430. The maximum atomic E-state index is 2.68. The van der Waals surface area contributed by atoms with Gasteiger partial charge in [-0.25, -0.2) is 0 Å². The first-order chi connectivity index (χ1) is 17.9. The zero-order valence-electron chi connectivity index (χ0n) is 26.6. The fourth-order valence-electron chi connectivity index (χ4n) is 8.06. The summed E-state index contributed by atoms with van der Waals surface area (Å²) >= 11 is -0.704. The molecule has 0 fully saturated rings. The van der Waals surface area contributed by atoms with Crippen LogP contribution < -0.4 is 0 Å². The van der Waals surface area contributed by atoms with E-state index in [9.17, 15) is 0 Å². The topological polar surface area (TPSA) is 0 Å². The van der Waals surface area contributed by atoms with Crippen molar-refractivity contribution < 1.29 is 23.2 Å². The van der Waals surface area contributed by atoms with Crippen molar-refractivity contribution in [2.75, 3.05) is 0 Å². The molecule has 0 amide bonds. The molecule has 0 aliphatic heterocycles. The summed E-state index contributed by atoms with van der Waals surface area (Å²) in [6.07, 6.45) is 11.3. The number of allylic oxidation sites excluding steroid dienone is 4. The fraction of sp³-hybridized carbons (Fsp3) is 0.579. The quantitative estimate of drug-likeness (QED) is 0.276. The Morgan fingerprint density at radius 3 is 1.74 bits per heavy atom. The van der Waals surface area contributed by atoms with Crippen molar-refractivity contribution in [2.45, 2.75) is 134 Å². The van der Waals surface area contributed by atoms with Gasteiger partial charge in [0.05, 0.1) is 0 Å². The third-order valence-electron chi connectivity index (χ3n) is 11.1. The second-order valence-corrected chi connectivity index (χ2v) is 20.8. The zero-order valence-corrected chi connectivity index (χ0v) is 29.0. The molecule has 0 heterocycles. The summed E-state index contributed by atoms with van der Waals surface area (Å²) in [5.41, 5.74) is 15.5. The standard InChI is InChI=1S/C29H37.C9H13.Zr/c1-26(2)9-11-28(5,6)24-16-20-18(14-22(24)26)13-19-15-23-25(17-21(19)20)29(7,8)12-10-27(23,3)4;1-9(2,3)8-6-4-5-7-8;/h9,14-17H,10-13H2,1-8H3;6-7H,4H2,1-3H3;. The molecule has 0 nitrogen and oxygen atoms in total. The first-order valence-electron chi connectivity index (χ1n) is 15.4. The van der Waals surface area contributed by atoms with Gasteiger partial charge < -0.3 is 0 Å². The van der Waals surface area contributed by atoms with Gasteiger partial charge in [-0.05, 0) is 0 Å². The van der Waals surface area contributed by atoms with Gasteiger partial charge in [0.2, 0.25) is 0 Å². The van der Waals surface area contributed by atoms with Crippen LogP contribution in [0.2, 0.25) is 3.63 Å². The molecule has 0 N–H and O–H groups in total. The Hall–Kier alpha value is -1.20. The van der Waals surface area contributed by atoms with E-state index in [1.165, 1.54) is 36.8 Å². The van der Waals surface area contributed by atoms with Gasteiger partial charge >= 0.3 is 252 Å². The molecule has 0 saturated carbocycles. The Kier molecular flexibility index (Phi) is 6.21. The minimum absolute atomic E-state index is 0.225. The molecule has 0 aromatic heterocycles. The van der Waals surface area contributed by atoms with Crippen molar-refractivity contribution in [1.29, 1.82) is 0 Å². The van der Waals surface area contributed by atoms with Gasteiger partial charge in [-0.3, -0.25) is 0 Å². The predicted octanol–water partition coefficient (Wildman–Crippen LogP) is 10.7. The van der Waals surface area contributed by atoms with Crippen molar-refractivity contribution in [3.8, 4) is 11.1 Å². The van der Waals surface area contributed by atoms with Crippen molar-refractivity contribution in [2.24, 2.45) is 5.41 Å². The molecule has 1 heteroatoms. The van der Waals surface area contributed by atoms with Crippen LogP contribution in [0.25, 0.3) is 11.1 Å². The van der Waals surface area contributed by atoms with E-state index in [1.807, 2.05) is 3.28 Å². The monoisotopic (exact) mass is 596 g/mol. The molecule has 0 spiro atoms. The van der Waals surface area contributed by atoms with Crippen LogP contribution in [0.15, 0.2) is 45.3 Å². The van der Waals surface area contributed by atoms with Crippen LogP contribution in [0.3, 0.4) is 0 Å². The van der Waals surface area contributed by atoms with E-state index in [0.717, 1.165) is 10.0 Å². The van der Waals surface area contributed by atoms with Crippen LogP contribution in [0.4, 0.5) is 0 Å². The second kappa shape index (κ2) is 8.66. The average Bonchev–Trinajstić information content (AvgIpc) is 3.43.